The summed E-state index contributed by atoms with van der Waals surface area (Å²) in [6.07, 6.45) is 0.758. The van der Waals surface area contributed by atoms with Gasteiger partial charge in [-0.3, -0.25) is 9.59 Å². The molecule has 27 heavy (non-hydrogen) atoms. The molecule has 0 aliphatic rings. The molecule has 1 atom stereocenters. The lowest BCUT2D eigenvalue weighted by molar-refractivity contribution is 0.0935. The molecule has 140 valence electrons. The number of hydrogen-bond acceptors (Lipinski definition) is 3. The molecule has 5 nitrogen and oxygen atoms in total. The molecule has 0 saturated carbocycles. The number of benzene rings is 2. The van der Waals surface area contributed by atoms with Crippen LogP contribution < -0.4 is 10.9 Å². The van der Waals surface area contributed by atoms with Crippen molar-refractivity contribution < 1.29 is 4.79 Å². The van der Waals surface area contributed by atoms with Crippen LogP contribution in [0.2, 0.25) is 5.02 Å². The van der Waals surface area contributed by atoms with E-state index >= 15 is 0 Å². The third-order valence-corrected chi connectivity index (χ3v) is 4.93. The highest BCUT2D eigenvalue weighted by atomic mass is 35.5. The fourth-order valence-corrected chi connectivity index (χ4v) is 3.31. The van der Waals surface area contributed by atoms with Crippen LogP contribution in [0.5, 0.6) is 0 Å². The van der Waals surface area contributed by atoms with Gasteiger partial charge in [-0.25, -0.2) is 4.98 Å². The lowest BCUT2D eigenvalue weighted by atomic mass is 10.0. The van der Waals surface area contributed by atoms with Gasteiger partial charge in [0.15, 0.2) is 0 Å². The summed E-state index contributed by atoms with van der Waals surface area (Å²) in [5.41, 5.74) is 3.22. The SMILES string of the molecule is CCC(NC(=O)c1ccc2c(c1)nc(C)c(=O)n2CC)c1ccc(Cl)cc1. The molecule has 1 amide bonds. The summed E-state index contributed by atoms with van der Waals surface area (Å²) in [5.74, 6) is -0.174. The van der Waals surface area contributed by atoms with E-state index in [2.05, 4.69) is 10.3 Å². The molecular formula is C21H22ClN3O2. The van der Waals surface area contributed by atoms with Gasteiger partial charge in [-0.15, -0.1) is 0 Å². The van der Waals surface area contributed by atoms with E-state index in [0.29, 0.717) is 28.3 Å². The minimum atomic E-state index is -0.174. The number of amides is 1. The van der Waals surface area contributed by atoms with E-state index in [1.807, 2.05) is 38.1 Å². The summed E-state index contributed by atoms with van der Waals surface area (Å²) >= 11 is 5.95. The van der Waals surface area contributed by atoms with E-state index in [1.165, 1.54) is 0 Å². The zero-order valence-electron chi connectivity index (χ0n) is 15.6. The number of aryl methyl sites for hydroxylation is 2. The number of nitrogens with zero attached hydrogens (tertiary/aromatic N) is 2. The van der Waals surface area contributed by atoms with Crippen molar-refractivity contribution in [3.05, 3.63) is 74.7 Å². The molecule has 0 bridgehead atoms. The first-order valence-corrected chi connectivity index (χ1v) is 9.40. The van der Waals surface area contributed by atoms with Crippen LogP contribution in [0, 0.1) is 6.92 Å². The summed E-state index contributed by atoms with van der Waals surface area (Å²) < 4.78 is 1.67. The molecule has 1 heterocycles. The molecule has 0 fully saturated rings. The minimum Gasteiger partial charge on any atom is -0.345 e. The molecule has 6 heteroatoms. The quantitative estimate of drug-likeness (QED) is 0.716. The maximum absolute atomic E-state index is 12.8. The first-order valence-electron chi connectivity index (χ1n) is 9.02. The number of fused-ring (bicyclic) bond motifs is 1. The van der Waals surface area contributed by atoms with Crippen LogP contribution in [0.25, 0.3) is 11.0 Å². The lowest BCUT2D eigenvalue weighted by Crippen LogP contribution is -2.28. The average molecular weight is 384 g/mol. The van der Waals surface area contributed by atoms with E-state index in [9.17, 15) is 9.59 Å². The van der Waals surface area contributed by atoms with Crippen molar-refractivity contribution in [1.29, 1.82) is 0 Å². The molecular weight excluding hydrogens is 362 g/mol. The number of carbonyl (C=O) groups excluding carboxylic acids is 1. The van der Waals surface area contributed by atoms with Crippen LogP contribution in [0.1, 0.15) is 47.9 Å². The maximum Gasteiger partial charge on any atom is 0.272 e. The Morgan fingerprint density at radius 1 is 1.19 bits per heavy atom. The predicted octanol–water partition coefficient (Wildman–Crippen LogP) is 4.26. The van der Waals surface area contributed by atoms with Crippen molar-refractivity contribution in [3.8, 4) is 0 Å². The molecule has 3 aromatic rings. The lowest BCUT2D eigenvalue weighted by Gasteiger charge is -2.18. The largest absolute Gasteiger partial charge is 0.345 e. The Morgan fingerprint density at radius 2 is 1.89 bits per heavy atom. The Hall–Kier alpha value is -2.66. The van der Waals surface area contributed by atoms with Gasteiger partial charge in [-0.2, -0.15) is 0 Å². The molecule has 1 unspecified atom stereocenters. The highest BCUT2D eigenvalue weighted by molar-refractivity contribution is 6.30. The second kappa shape index (κ2) is 7.92. The smallest absolute Gasteiger partial charge is 0.272 e. The zero-order valence-corrected chi connectivity index (χ0v) is 16.4. The summed E-state index contributed by atoms with van der Waals surface area (Å²) in [6, 6.07) is 12.6. The van der Waals surface area contributed by atoms with Gasteiger partial charge in [0.1, 0.15) is 5.69 Å². The standard InChI is InChI=1S/C21H22ClN3O2/c1-4-17(14-6-9-16(22)10-7-14)24-20(26)15-8-11-19-18(12-15)23-13(3)21(27)25(19)5-2/h6-12,17H,4-5H2,1-3H3,(H,24,26). The zero-order chi connectivity index (χ0) is 19.6. The number of carbonyl (C=O) groups is 1. The molecule has 1 aromatic heterocycles. The molecule has 0 spiro atoms. The van der Waals surface area contributed by atoms with Gasteiger partial charge in [0, 0.05) is 17.1 Å². The molecule has 0 radical (unpaired) electrons. The summed E-state index contributed by atoms with van der Waals surface area (Å²) in [4.78, 5) is 29.3. The third kappa shape index (κ3) is 3.88. The predicted molar refractivity (Wildman–Crippen MR) is 108 cm³/mol. The highest BCUT2D eigenvalue weighted by Gasteiger charge is 2.16. The Bertz CT molecular complexity index is 1040. The van der Waals surface area contributed by atoms with Gasteiger partial charge < -0.3 is 9.88 Å². The van der Waals surface area contributed by atoms with Crippen molar-refractivity contribution in [2.75, 3.05) is 0 Å². The second-order valence-electron chi connectivity index (χ2n) is 6.44. The topological polar surface area (TPSA) is 64.0 Å². The van der Waals surface area contributed by atoms with E-state index < -0.39 is 0 Å². The minimum absolute atomic E-state index is 0.101. The monoisotopic (exact) mass is 383 g/mol. The van der Waals surface area contributed by atoms with Gasteiger partial charge in [0.05, 0.1) is 17.1 Å². The number of hydrogen-bond donors (Lipinski definition) is 1. The molecule has 0 aliphatic heterocycles. The van der Waals surface area contributed by atoms with E-state index in [0.717, 1.165) is 17.5 Å². The summed E-state index contributed by atoms with van der Waals surface area (Å²) in [5, 5.41) is 3.72. The van der Waals surface area contributed by atoms with Gasteiger partial charge in [-0.05, 0) is 56.2 Å². The van der Waals surface area contributed by atoms with Gasteiger partial charge in [0.2, 0.25) is 0 Å². The van der Waals surface area contributed by atoms with E-state index in [-0.39, 0.29) is 17.5 Å². The van der Waals surface area contributed by atoms with Crippen LogP contribution >= 0.6 is 11.6 Å². The van der Waals surface area contributed by atoms with Gasteiger partial charge >= 0.3 is 0 Å². The Morgan fingerprint density at radius 3 is 2.52 bits per heavy atom. The van der Waals surface area contributed by atoms with Gasteiger partial charge in [-0.1, -0.05) is 30.7 Å². The average Bonchev–Trinajstić information content (AvgIpc) is 2.67. The molecule has 1 N–H and O–H groups in total. The van der Waals surface area contributed by atoms with Crippen LogP contribution in [-0.2, 0) is 6.54 Å². The fraction of sp³-hybridized carbons (Fsp3) is 0.286. The number of nitrogens with one attached hydrogen (secondary N) is 1. The van der Waals surface area contributed by atoms with Crippen LogP contribution in [-0.4, -0.2) is 15.5 Å². The normalized spacial score (nSPS) is 12.1. The molecule has 0 saturated heterocycles. The highest BCUT2D eigenvalue weighted by Crippen LogP contribution is 2.20. The van der Waals surface area contributed by atoms with Crippen molar-refractivity contribution in [1.82, 2.24) is 14.9 Å². The molecule has 0 aliphatic carbocycles. The Kier molecular flexibility index (Phi) is 5.61. The fourth-order valence-electron chi connectivity index (χ4n) is 3.19. The van der Waals surface area contributed by atoms with Crippen LogP contribution in [0.3, 0.4) is 0 Å². The third-order valence-electron chi connectivity index (χ3n) is 4.67. The van der Waals surface area contributed by atoms with Crippen molar-refractivity contribution in [3.63, 3.8) is 0 Å². The molecule has 2 aromatic carbocycles. The maximum atomic E-state index is 12.8. The number of rotatable bonds is 5. The summed E-state index contributed by atoms with van der Waals surface area (Å²) in [7, 11) is 0. The summed E-state index contributed by atoms with van der Waals surface area (Å²) in [6.45, 7) is 6.18. The first kappa shape index (κ1) is 19.1. The second-order valence-corrected chi connectivity index (χ2v) is 6.87. The van der Waals surface area contributed by atoms with Crippen molar-refractivity contribution >= 4 is 28.5 Å². The van der Waals surface area contributed by atoms with E-state index in [4.69, 9.17) is 11.6 Å². The number of aromatic nitrogens is 2. The van der Waals surface area contributed by atoms with E-state index in [1.54, 1.807) is 29.7 Å². The van der Waals surface area contributed by atoms with Crippen molar-refractivity contribution in [2.24, 2.45) is 0 Å². The van der Waals surface area contributed by atoms with Gasteiger partial charge in [0.25, 0.3) is 11.5 Å². The Balaban J connectivity index is 1.92. The Labute approximate surface area is 163 Å². The first-order chi connectivity index (χ1) is 12.9. The van der Waals surface area contributed by atoms with Crippen LogP contribution in [0.4, 0.5) is 0 Å². The van der Waals surface area contributed by atoms with Crippen molar-refractivity contribution in [2.45, 2.75) is 39.8 Å². The number of halogens is 1. The molecule has 3 rings (SSSR count). The van der Waals surface area contributed by atoms with Crippen LogP contribution in [0.15, 0.2) is 47.3 Å².